The van der Waals surface area contributed by atoms with Crippen molar-refractivity contribution in [2.24, 2.45) is 0 Å². The molecule has 4 rings (SSSR count). The molecule has 1 amide bonds. The van der Waals surface area contributed by atoms with E-state index < -0.39 is 0 Å². The number of nitrogens with zero attached hydrogens (tertiary/aromatic N) is 1. The Bertz CT molecular complexity index is 911. The maximum Gasteiger partial charge on any atom is 0.220 e. The summed E-state index contributed by atoms with van der Waals surface area (Å²) in [5.41, 5.74) is 2.88. The number of hydrogen-bond acceptors (Lipinski definition) is 1. The first kappa shape index (κ1) is 15.9. The van der Waals surface area contributed by atoms with Crippen molar-refractivity contribution in [3.05, 3.63) is 71.7 Å². The van der Waals surface area contributed by atoms with Crippen LogP contribution in [0.15, 0.2) is 54.7 Å². The van der Waals surface area contributed by atoms with Crippen molar-refractivity contribution in [1.29, 1.82) is 0 Å². The van der Waals surface area contributed by atoms with E-state index in [1.54, 1.807) is 6.07 Å². The lowest BCUT2D eigenvalue weighted by molar-refractivity contribution is -0.121. The zero-order valence-electron chi connectivity index (χ0n) is 14.0. The van der Waals surface area contributed by atoms with Gasteiger partial charge in [0.15, 0.2) is 0 Å². The van der Waals surface area contributed by atoms with Gasteiger partial charge in [-0.25, -0.2) is 4.39 Å². The number of fused-ring (bicyclic) bond motifs is 1. The number of rotatable bonds is 6. The van der Waals surface area contributed by atoms with Crippen LogP contribution in [0.5, 0.6) is 0 Å². The normalized spacial score (nSPS) is 14.0. The van der Waals surface area contributed by atoms with Gasteiger partial charge < -0.3 is 9.88 Å². The van der Waals surface area contributed by atoms with Crippen LogP contribution in [0.1, 0.15) is 30.4 Å². The third kappa shape index (κ3) is 3.58. The molecule has 2 aromatic carbocycles. The maximum absolute atomic E-state index is 14.0. The highest BCUT2D eigenvalue weighted by Gasteiger charge is 2.23. The minimum atomic E-state index is -0.189. The van der Waals surface area contributed by atoms with Gasteiger partial charge in [-0.3, -0.25) is 4.79 Å². The summed E-state index contributed by atoms with van der Waals surface area (Å²) in [6.45, 7) is 0.488. The topological polar surface area (TPSA) is 34.0 Å². The van der Waals surface area contributed by atoms with E-state index in [0.29, 0.717) is 31.0 Å². The molecular weight excluding hydrogens is 315 g/mol. The summed E-state index contributed by atoms with van der Waals surface area (Å²) in [6, 6.07) is 15.4. The lowest BCUT2D eigenvalue weighted by atomic mass is 10.1. The van der Waals surface area contributed by atoms with E-state index in [2.05, 4.69) is 22.1 Å². The predicted molar refractivity (Wildman–Crippen MR) is 96.9 cm³/mol. The molecule has 3 aromatic rings. The van der Waals surface area contributed by atoms with Gasteiger partial charge in [-0.2, -0.15) is 0 Å². The molecule has 1 saturated carbocycles. The van der Waals surface area contributed by atoms with Gasteiger partial charge in [0.25, 0.3) is 0 Å². The molecule has 1 fully saturated rings. The molecule has 1 aromatic heterocycles. The molecule has 1 N–H and O–H groups in total. The lowest BCUT2D eigenvalue weighted by Crippen LogP contribution is -2.25. The van der Waals surface area contributed by atoms with Crippen LogP contribution in [0.3, 0.4) is 0 Å². The Balaban J connectivity index is 1.57. The van der Waals surface area contributed by atoms with Crippen LogP contribution in [-0.4, -0.2) is 16.5 Å². The van der Waals surface area contributed by atoms with E-state index in [0.717, 1.165) is 29.3 Å². The summed E-state index contributed by atoms with van der Waals surface area (Å²) in [6.07, 6.45) is 5.45. The lowest BCUT2D eigenvalue weighted by Gasteiger charge is -2.06. The Labute approximate surface area is 146 Å². The van der Waals surface area contributed by atoms with Gasteiger partial charge in [-0.1, -0.05) is 36.4 Å². The number of amides is 1. The number of carbonyl (C=O) groups is 1. The van der Waals surface area contributed by atoms with E-state index >= 15 is 0 Å². The fraction of sp³-hybridized carbons (Fsp3) is 0.286. The van der Waals surface area contributed by atoms with Gasteiger partial charge in [0.05, 0.1) is 6.54 Å². The summed E-state index contributed by atoms with van der Waals surface area (Å²) in [5.74, 6) is -0.0703. The summed E-state index contributed by atoms with van der Waals surface area (Å²) in [7, 11) is 0. The minimum Gasteiger partial charge on any atom is -0.353 e. The van der Waals surface area contributed by atoms with Crippen LogP contribution < -0.4 is 5.32 Å². The molecule has 0 radical (unpaired) electrons. The van der Waals surface area contributed by atoms with Gasteiger partial charge >= 0.3 is 0 Å². The number of para-hydroxylation sites is 1. The Morgan fingerprint density at radius 3 is 2.64 bits per heavy atom. The molecule has 0 bridgehead atoms. The minimum absolute atomic E-state index is 0.119. The van der Waals surface area contributed by atoms with Crippen LogP contribution in [-0.2, 0) is 17.8 Å². The zero-order chi connectivity index (χ0) is 17.2. The highest BCUT2D eigenvalue weighted by atomic mass is 19.1. The molecule has 3 nitrogen and oxygen atoms in total. The second-order valence-electron chi connectivity index (χ2n) is 6.73. The SMILES string of the molecule is O=C(CCc1cn(Cc2ccccc2F)c2ccccc12)NC1CC1. The van der Waals surface area contributed by atoms with Crippen molar-refractivity contribution in [3.8, 4) is 0 Å². The average Bonchev–Trinajstić information content (AvgIpc) is 3.36. The van der Waals surface area contributed by atoms with Gasteiger partial charge in [0.2, 0.25) is 5.91 Å². The fourth-order valence-corrected chi connectivity index (χ4v) is 3.24. The molecule has 128 valence electrons. The number of aryl methyl sites for hydroxylation is 1. The highest BCUT2D eigenvalue weighted by molar-refractivity contribution is 5.85. The van der Waals surface area contributed by atoms with Crippen molar-refractivity contribution in [2.75, 3.05) is 0 Å². The molecule has 1 aliphatic carbocycles. The Hall–Kier alpha value is -2.62. The van der Waals surface area contributed by atoms with Crippen molar-refractivity contribution in [2.45, 2.75) is 38.3 Å². The third-order valence-electron chi connectivity index (χ3n) is 4.73. The summed E-state index contributed by atoms with van der Waals surface area (Å²) in [4.78, 5) is 12.0. The average molecular weight is 336 g/mol. The van der Waals surface area contributed by atoms with E-state index in [-0.39, 0.29) is 11.7 Å². The molecule has 0 spiro atoms. The molecule has 0 aliphatic heterocycles. The fourth-order valence-electron chi connectivity index (χ4n) is 3.24. The Morgan fingerprint density at radius 2 is 1.84 bits per heavy atom. The van der Waals surface area contributed by atoms with Gasteiger partial charge in [-0.05, 0) is 37.0 Å². The van der Waals surface area contributed by atoms with Crippen LogP contribution >= 0.6 is 0 Å². The molecule has 0 saturated heterocycles. The van der Waals surface area contributed by atoms with E-state index in [4.69, 9.17) is 0 Å². The molecule has 1 heterocycles. The summed E-state index contributed by atoms with van der Waals surface area (Å²) in [5, 5.41) is 4.17. The first-order valence-electron chi connectivity index (χ1n) is 8.80. The summed E-state index contributed by atoms with van der Waals surface area (Å²) < 4.78 is 16.1. The number of nitrogens with one attached hydrogen (secondary N) is 1. The smallest absolute Gasteiger partial charge is 0.220 e. The standard InChI is InChI=1S/C21H21FN2O/c22-19-7-3-1-5-16(19)14-24-13-15(18-6-2-4-8-20(18)24)9-12-21(25)23-17-10-11-17/h1-8,13,17H,9-12,14H2,(H,23,25). The van der Waals surface area contributed by atoms with E-state index in [9.17, 15) is 9.18 Å². The quantitative estimate of drug-likeness (QED) is 0.724. The van der Waals surface area contributed by atoms with Crippen molar-refractivity contribution >= 4 is 16.8 Å². The first-order chi connectivity index (χ1) is 12.2. The predicted octanol–water partition coefficient (Wildman–Crippen LogP) is 4.04. The highest BCUT2D eigenvalue weighted by Crippen LogP contribution is 2.24. The van der Waals surface area contributed by atoms with Crippen molar-refractivity contribution < 1.29 is 9.18 Å². The second-order valence-corrected chi connectivity index (χ2v) is 6.73. The zero-order valence-corrected chi connectivity index (χ0v) is 14.0. The number of halogens is 1. The largest absolute Gasteiger partial charge is 0.353 e. The van der Waals surface area contributed by atoms with E-state index in [1.165, 1.54) is 6.07 Å². The second kappa shape index (κ2) is 6.71. The molecule has 25 heavy (non-hydrogen) atoms. The van der Waals surface area contributed by atoms with Gasteiger partial charge in [-0.15, -0.1) is 0 Å². The summed E-state index contributed by atoms with van der Waals surface area (Å²) >= 11 is 0. The first-order valence-corrected chi connectivity index (χ1v) is 8.80. The van der Waals surface area contributed by atoms with Crippen LogP contribution in [0.4, 0.5) is 4.39 Å². The molecular formula is C21H21FN2O. The molecule has 1 aliphatic rings. The van der Waals surface area contributed by atoms with Crippen molar-refractivity contribution in [1.82, 2.24) is 9.88 Å². The Morgan fingerprint density at radius 1 is 1.08 bits per heavy atom. The van der Waals surface area contributed by atoms with Crippen molar-refractivity contribution in [3.63, 3.8) is 0 Å². The number of benzene rings is 2. The third-order valence-corrected chi connectivity index (χ3v) is 4.73. The Kier molecular flexibility index (Phi) is 4.26. The number of carbonyl (C=O) groups excluding carboxylic acids is 1. The molecule has 0 unspecified atom stereocenters. The van der Waals surface area contributed by atoms with Crippen LogP contribution in [0.25, 0.3) is 10.9 Å². The van der Waals surface area contributed by atoms with Gasteiger partial charge in [0, 0.05) is 35.1 Å². The van der Waals surface area contributed by atoms with Crippen LogP contribution in [0, 0.1) is 5.82 Å². The molecule has 4 heteroatoms. The number of aromatic nitrogens is 1. The molecule has 0 atom stereocenters. The van der Waals surface area contributed by atoms with Gasteiger partial charge in [0.1, 0.15) is 5.82 Å². The number of hydrogen-bond donors (Lipinski definition) is 1. The van der Waals surface area contributed by atoms with E-state index in [1.807, 2.05) is 30.3 Å². The van der Waals surface area contributed by atoms with Crippen LogP contribution in [0.2, 0.25) is 0 Å². The monoisotopic (exact) mass is 336 g/mol. The maximum atomic E-state index is 14.0.